The number of anilines is 1. The summed E-state index contributed by atoms with van der Waals surface area (Å²) >= 11 is 6.29. The summed E-state index contributed by atoms with van der Waals surface area (Å²) in [5, 5.41) is 7.98. The Morgan fingerprint density at radius 2 is 2.33 bits per heavy atom. The van der Waals surface area contributed by atoms with E-state index in [9.17, 15) is 4.79 Å². The standard InChI is InChI=1S/C15H25ClN4O/c1-3-8-20-15(21)14(16)13(10-18-20)19(4-2)11-12-6-5-7-17-9-12/h10,12,17H,3-9,11H2,1-2H3. The fraction of sp³-hybridized carbons (Fsp3) is 0.733. The lowest BCUT2D eigenvalue weighted by Gasteiger charge is -2.31. The van der Waals surface area contributed by atoms with Crippen molar-refractivity contribution in [3.05, 3.63) is 21.6 Å². The molecule has 1 fully saturated rings. The number of rotatable bonds is 6. The molecule has 1 aromatic rings. The molecule has 1 N–H and O–H groups in total. The Balaban J connectivity index is 2.17. The zero-order chi connectivity index (χ0) is 15.2. The molecule has 21 heavy (non-hydrogen) atoms. The lowest BCUT2D eigenvalue weighted by Crippen LogP contribution is -2.39. The molecule has 1 unspecified atom stereocenters. The van der Waals surface area contributed by atoms with Crippen LogP contribution in [0.15, 0.2) is 11.0 Å². The van der Waals surface area contributed by atoms with Gasteiger partial charge in [0.25, 0.3) is 5.56 Å². The van der Waals surface area contributed by atoms with Crippen molar-refractivity contribution >= 4 is 17.3 Å². The molecule has 1 aliphatic rings. The average Bonchev–Trinajstić information content (AvgIpc) is 2.51. The molecule has 0 spiro atoms. The number of hydrogen-bond acceptors (Lipinski definition) is 4. The zero-order valence-corrected chi connectivity index (χ0v) is 13.7. The van der Waals surface area contributed by atoms with E-state index < -0.39 is 0 Å². The van der Waals surface area contributed by atoms with Gasteiger partial charge in [-0.1, -0.05) is 18.5 Å². The molecule has 0 bridgehead atoms. The minimum atomic E-state index is -0.184. The molecule has 118 valence electrons. The summed E-state index contributed by atoms with van der Waals surface area (Å²) in [6.45, 7) is 8.61. The number of aryl methyl sites for hydroxylation is 1. The molecule has 2 rings (SSSR count). The first-order valence-corrected chi connectivity index (χ1v) is 8.26. The van der Waals surface area contributed by atoms with Gasteiger partial charge in [-0.25, -0.2) is 4.68 Å². The van der Waals surface area contributed by atoms with Crippen LogP contribution >= 0.6 is 11.6 Å². The highest BCUT2D eigenvalue weighted by molar-refractivity contribution is 6.33. The fourth-order valence-corrected chi connectivity index (χ4v) is 3.10. The summed E-state index contributed by atoms with van der Waals surface area (Å²) in [4.78, 5) is 14.4. The second kappa shape index (κ2) is 7.80. The van der Waals surface area contributed by atoms with Gasteiger partial charge < -0.3 is 10.2 Å². The molecule has 0 aliphatic carbocycles. The monoisotopic (exact) mass is 312 g/mol. The molecule has 5 nitrogen and oxygen atoms in total. The van der Waals surface area contributed by atoms with Gasteiger partial charge in [-0.05, 0) is 45.2 Å². The fourth-order valence-electron chi connectivity index (χ4n) is 2.84. The second-order valence-electron chi connectivity index (χ2n) is 5.62. The summed E-state index contributed by atoms with van der Waals surface area (Å²) in [7, 11) is 0. The Morgan fingerprint density at radius 3 is 2.95 bits per heavy atom. The topological polar surface area (TPSA) is 50.2 Å². The van der Waals surface area contributed by atoms with Crippen molar-refractivity contribution in [1.82, 2.24) is 15.1 Å². The first kappa shape index (κ1) is 16.3. The molecular weight excluding hydrogens is 288 g/mol. The lowest BCUT2D eigenvalue weighted by molar-refractivity contribution is 0.377. The molecule has 1 aliphatic heterocycles. The van der Waals surface area contributed by atoms with Gasteiger partial charge in [-0.2, -0.15) is 5.10 Å². The molecule has 2 heterocycles. The van der Waals surface area contributed by atoms with Crippen molar-refractivity contribution in [3.8, 4) is 0 Å². The Hall–Kier alpha value is -1.07. The molecular formula is C15H25ClN4O. The SMILES string of the molecule is CCCn1ncc(N(CC)CC2CCCNC2)c(Cl)c1=O. The second-order valence-corrected chi connectivity index (χ2v) is 6.00. The van der Waals surface area contributed by atoms with Crippen LogP contribution < -0.4 is 15.8 Å². The van der Waals surface area contributed by atoms with Crippen molar-refractivity contribution in [2.45, 2.75) is 39.7 Å². The first-order chi connectivity index (χ1) is 10.2. The highest BCUT2D eigenvalue weighted by Gasteiger charge is 2.20. The van der Waals surface area contributed by atoms with Gasteiger partial charge in [-0.3, -0.25) is 4.79 Å². The maximum absolute atomic E-state index is 12.2. The first-order valence-electron chi connectivity index (χ1n) is 7.88. The van der Waals surface area contributed by atoms with Crippen LogP contribution in [0.1, 0.15) is 33.1 Å². The number of halogens is 1. The average molecular weight is 313 g/mol. The van der Waals surface area contributed by atoms with Gasteiger partial charge in [0.15, 0.2) is 0 Å². The van der Waals surface area contributed by atoms with Crippen LogP contribution in [0.25, 0.3) is 0 Å². The summed E-state index contributed by atoms with van der Waals surface area (Å²) in [6.07, 6.45) is 5.04. The van der Waals surface area contributed by atoms with E-state index in [4.69, 9.17) is 11.6 Å². The minimum Gasteiger partial charge on any atom is -0.369 e. The van der Waals surface area contributed by atoms with E-state index in [1.54, 1.807) is 6.20 Å². The van der Waals surface area contributed by atoms with Crippen LogP contribution in [0.5, 0.6) is 0 Å². The normalized spacial score (nSPS) is 18.7. The summed E-state index contributed by atoms with van der Waals surface area (Å²) < 4.78 is 1.45. The number of nitrogens with one attached hydrogen (secondary N) is 1. The predicted octanol–water partition coefficient (Wildman–Crippen LogP) is 2.13. The summed E-state index contributed by atoms with van der Waals surface area (Å²) in [5.41, 5.74) is 0.582. The van der Waals surface area contributed by atoms with Crippen LogP contribution in [0.4, 0.5) is 5.69 Å². The van der Waals surface area contributed by atoms with E-state index in [1.165, 1.54) is 17.5 Å². The van der Waals surface area contributed by atoms with Gasteiger partial charge in [-0.15, -0.1) is 0 Å². The van der Waals surface area contributed by atoms with Gasteiger partial charge in [0.2, 0.25) is 0 Å². The van der Waals surface area contributed by atoms with E-state index in [0.717, 1.165) is 38.3 Å². The van der Waals surface area contributed by atoms with Crippen LogP contribution in [0.2, 0.25) is 5.02 Å². The molecule has 0 amide bonds. The van der Waals surface area contributed by atoms with Gasteiger partial charge in [0, 0.05) is 19.6 Å². The molecule has 0 radical (unpaired) electrons. The van der Waals surface area contributed by atoms with Crippen molar-refractivity contribution < 1.29 is 0 Å². The van der Waals surface area contributed by atoms with Crippen LogP contribution in [0.3, 0.4) is 0 Å². The molecule has 1 aromatic heterocycles. The number of hydrogen-bond donors (Lipinski definition) is 1. The maximum Gasteiger partial charge on any atom is 0.287 e. The van der Waals surface area contributed by atoms with Gasteiger partial charge in [0.05, 0.1) is 11.9 Å². The van der Waals surface area contributed by atoms with Crippen LogP contribution in [-0.2, 0) is 6.54 Å². The van der Waals surface area contributed by atoms with E-state index >= 15 is 0 Å². The zero-order valence-electron chi connectivity index (χ0n) is 12.9. The highest BCUT2D eigenvalue weighted by Crippen LogP contribution is 2.23. The van der Waals surface area contributed by atoms with Crippen molar-refractivity contribution in [3.63, 3.8) is 0 Å². The van der Waals surface area contributed by atoms with Crippen LogP contribution in [-0.4, -0.2) is 36.0 Å². The molecule has 6 heteroatoms. The van der Waals surface area contributed by atoms with E-state index in [0.29, 0.717) is 17.5 Å². The Labute approximate surface area is 131 Å². The number of piperidine rings is 1. The third kappa shape index (κ3) is 3.98. The third-order valence-electron chi connectivity index (χ3n) is 4.00. The molecule has 0 saturated carbocycles. The Kier molecular flexibility index (Phi) is 6.06. The minimum absolute atomic E-state index is 0.184. The lowest BCUT2D eigenvalue weighted by atomic mass is 9.99. The van der Waals surface area contributed by atoms with E-state index in [-0.39, 0.29) is 5.56 Å². The van der Waals surface area contributed by atoms with Gasteiger partial charge >= 0.3 is 0 Å². The predicted molar refractivity (Wildman–Crippen MR) is 87.3 cm³/mol. The highest BCUT2D eigenvalue weighted by atomic mass is 35.5. The summed E-state index contributed by atoms with van der Waals surface area (Å²) in [5.74, 6) is 0.604. The van der Waals surface area contributed by atoms with Crippen molar-refractivity contribution in [1.29, 1.82) is 0 Å². The van der Waals surface area contributed by atoms with Crippen molar-refractivity contribution in [2.24, 2.45) is 5.92 Å². The van der Waals surface area contributed by atoms with Crippen molar-refractivity contribution in [2.75, 3.05) is 31.1 Å². The molecule has 1 saturated heterocycles. The Morgan fingerprint density at radius 1 is 1.52 bits per heavy atom. The summed E-state index contributed by atoms with van der Waals surface area (Å²) in [6, 6.07) is 0. The van der Waals surface area contributed by atoms with Crippen LogP contribution in [0, 0.1) is 5.92 Å². The smallest absolute Gasteiger partial charge is 0.287 e. The number of aromatic nitrogens is 2. The third-order valence-corrected chi connectivity index (χ3v) is 4.36. The largest absolute Gasteiger partial charge is 0.369 e. The van der Waals surface area contributed by atoms with E-state index in [1.807, 2.05) is 6.92 Å². The van der Waals surface area contributed by atoms with Gasteiger partial charge in [0.1, 0.15) is 5.02 Å². The molecule has 1 atom stereocenters. The van der Waals surface area contributed by atoms with E-state index in [2.05, 4.69) is 22.2 Å². The quantitative estimate of drug-likeness (QED) is 0.874. The molecule has 0 aromatic carbocycles. The number of nitrogens with zero attached hydrogens (tertiary/aromatic N) is 3. The Bertz CT molecular complexity index is 511. The maximum atomic E-state index is 12.2.